The Hall–Kier alpha value is -2.59. The van der Waals surface area contributed by atoms with E-state index in [9.17, 15) is 13.2 Å². The first-order chi connectivity index (χ1) is 14.3. The average Bonchev–Trinajstić information content (AvgIpc) is 2.74. The molecule has 0 saturated heterocycles. The molecule has 156 valence electrons. The molecule has 0 amide bonds. The molecule has 0 fully saturated rings. The van der Waals surface area contributed by atoms with Crippen LogP contribution in [-0.2, 0) is 21.4 Å². The molecule has 0 aliphatic carbocycles. The molecule has 3 aromatic rings. The molecule has 8 heteroatoms. The summed E-state index contributed by atoms with van der Waals surface area (Å²) in [4.78, 5) is 12.2. The Morgan fingerprint density at radius 2 is 1.70 bits per heavy atom. The maximum Gasteiger partial charge on any atom is 0.338 e. The summed E-state index contributed by atoms with van der Waals surface area (Å²) in [5.41, 5.74) is 2.39. The van der Waals surface area contributed by atoms with Crippen LogP contribution in [0.15, 0.2) is 71.6 Å². The minimum Gasteiger partial charge on any atom is -0.487 e. The fourth-order valence-electron chi connectivity index (χ4n) is 2.68. The van der Waals surface area contributed by atoms with Gasteiger partial charge in [-0.3, -0.25) is 4.72 Å². The molecule has 0 atom stereocenters. The van der Waals surface area contributed by atoms with Crippen molar-refractivity contribution in [1.29, 1.82) is 0 Å². The van der Waals surface area contributed by atoms with Gasteiger partial charge in [-0.15, -0.1) is 0 Å². The van der Waals surface area contributed by atoms with Crippen LogP contribution in [0.25, 0.3) is 0 Å². The van der Waals surface area contributed by atoms with Crippen molar-refractivity contribution in [2.45, 2.75) is 18.4 Å². The fraction of sp³-hybridized carbons (Fsp3) is 0.136. The SMILES string of the molecule is COC(=O)c1cc(I)c(NS(=O)(=O)c2ccc(C)cc2)c(OCc2ccccc2)c1. The number of esters is 1. The van der Waals surface area contributed by atoms with E-state index >= 15 is 0 Å². The van der Waals surface area contributed by atoms with E-state index in [-0.39, 0.29) is 28.5 Å². The third-order valence-corrected chi connectivity index (χ3v) is 6.50. The molecule has 3 aromatic carbocycles. The number of rotatable bonds is 7. The van der Waals surface area contributed by atoms with Crippen LogP contribution in [0.4, 0.5) is 5.69 Å². The molecule has 6 nitrogen and oxygen atoms in total. The van der Waals surface area contributed by atoms with Crippen molar-refractivity contribution < 1.29 is 22.7 Å². The summed E-state index contributed by atoms with van der Waals surface area (Å²) in [6, 6.07) is 19.0. The van der Waals surface area contributed by atoms with Gasteiger partial charge in [-0.2, -0.15) is 0 Å². The second-order valence-electron chi connectivity index (χ2n) is 6.52. The minimum absolute atomic E-state index is 0.134. The highest BCUT2D eigenvalue weighted by Crippen LogP contribution is 2.34. The topological polar surface area (TPSA) is 81.7 Å². The van der Waals surface area contributed by atoms with E-state index in [0.29, 0.717) is 3.57 Å². The summed E-state index contributed by atoms with van der Waals surface area (Å²) in [6.45, 7) is 2.09. The second-order valence-corrected chi connectivity index (χ2v) is 9.36. The third-order valence-electron chi connectivity index (χ3n) is 4.28. The highest BCUT2D eigenvalue weighted by Gasteiger charge is 2.21. The van der Waals surface area contributed by atoms with E-state index in [1.165, 1.54) is 25.3 Å². The zero-order valence-corrected chi connectivity index (χ0v) is 19.4. The zero-order valence-electron chi connectivity index (χ0n) is 16.4. The number of methoxy groups -OCH3 is 1. The molecule has 0 aliphatic rings. The van der Waals surface area contributed by atoms with Gasteiger partial charge in [0.1, 0.15) is 18.0 Å². The van der Waals surface area contributed by atoms with Crippen LogP contribution in [-0.4, -0.2) is 21.5 Å². The summed E-state index contributed by atoms with van der Waals surface area (Å²) >= 11 is 1.97. The van der Waals surface area contributed by atoms with Gasteiger partial charge in [0.2, 0.25) is 0 Å². The Balaban J connectivity index is 1.98. The van der Waals surface area contributed by atoms with Gasteiger partial charge < -0.3 is 9.47 Å². The van der Waals surface area contributed by atoms with Crippen LogP contribution in [0.5, 0.6) is 5.75 Å². The Labute approximate surface area is 189 Å². The number of aryl methyl sites for hydroxylation is 1. The molecule has 0 unspecified atom stereocenters. The van der Waals surface area contributed by atoms with Gasteiger partial charge in [0.05, 0.1) is 17.6 Å². The van der Waals surface area contributed by atoms with Crippen molar-refractivity contribution in [1.82, 2.24) is 0 Å². The van der Waals surface area contributed by atoms with Crippen LogP contribution >= 0.6 is 22.6 Å². The van der Waals surface area contributed by atoms with Crippen molar-refractivity contribution in [2.75, 3.05) is 11.8 Å². The molecule has 0 spiro atoms. The third kappa shape index (κ3) is 5.31. The second kappa shape index (κ2) is 9.48. The molecule has 0 aromatic heterocycles. The molecule has 0 heterocycles. The zero-order chi connectivity index (χ0) is 21.7. The molecular formula is C22H20INO5S. The lowest BCUT2D eigenvalue weighted by Gasteiger charge is -2.17. The standard InChI is InChI=1S/C22H20INO5S/c1-15-8-10-18(11-9-15)30(26,27)24-21-19(23)12-17(22(25)28-2)13-20(21)29-14-16-6-4-3-5-7-16/h3-13,24H,14H2,1-2H3. The number of halogens is 1. The molecule has 1 N–H and O–H groups in total. The van der Waals surface area contributed by atoms with E-state index in [1.807, 2.05) is 59.8 Å². The number of benzene rings is 3. The van der Waals surface area contributed by atoms with Gasteiger partial charge in [0.25, 0.3) is 10.0 Å². The minimum atomic E-state index is -3.85. The smallest absolute Gasteiger partial charge is 0.338 e. The molecule has 30 heavy (non-hydrogen) atoms. The fourth-order valence-corrected chi connectivity index (χ4v) is 4.69. The number of sulfonamides is 1. The van der Waals surface area contributed by atoms with Gasteiger partial charge in [0, 0.05) is 3.57 Å². The van der Waals surface area contributed by atoms with Crippen LogP contribution in [0.1, 0.15) is 21.5 Å². The number of carbonyl (C=O) groups is 1. The van der Waals surface area contributed by atoms with E-state index < -0.39 is 16.0 Å². The molecule has 0 bridgehead atoms. The summed E-state index contributed by atoms with van der Waals surface area (Å²) in [6.07, 6.45) is 0. The Kier molecular flexibility index (Phi) is 6.99. The van der Waals surface area contributed by atoms with Crippen molar-refractivity contribution in [2.24, 2.45) is 0 Å². The molecular weight excluding hydrogens is 517 g/mol. The maximum atomic E-state index is 12.9. The lowest BCUT2D eigenvalue weighted by Crippen LogP contribution is -2.16. The van der Waals surface area contributed by atoms with E-state index in [2.05, 4.69) is 4.72 Å². The number of hydrogen-bond acceptors (Lipinski definition) is 5. The first-order valence-corrected chi connectivity index (χ1v) is 11.5. The quantitative estimate of drug-likeness (QED) is 0.347. The number of hydrogen-bond donors (Lipinski definition) is 1. The summed E-state index contributed by atoms with van der Waals surface area (Å²) < 4.78 is 39.6. The van der Waals surface area contributed by atoms with Crippen LogP contribution in [0.2, 0.25) is 0 Å². The molecule has 0 radical (unpaired) electrons. The van der Waals surface area contributed by atoms with Gasteiger partial charge in [-0.1, -0.05) is 48.0 Å². The Morgan fingerprint density at radius 1 is 1.03 bits per heavy atom. The lowest BCUT2D eigenvalue weighted by atomic mass is 10.2. The largest absolute Gasteiger partial charge is 0.487 e. The van der Waals surface area contributed by atoms with Crippen molar-refractivity contribution in [3.8, 4) is 5.75 Å². The average molecular weight is 537 g/mol. The van der Waals surface area contributed by atoms with Gasteiger partial charge >= 0.3 is 5.97 Å². The molecule has 0 saturated carbocycles. The Morgan fingerprint density at radius 3 is 2.33 bits per heavy atom. The molecule has 3 rings (SSSR count). The number of carbonyl (C=O) groups excluding carboxylic acids is 1. The van der Waals surface area contributed by atoms with E-state index in [0.717, 1.165) is 11.1 Å². The summed E-state index contributed by atoms with van der Waals surface area (Å²) in [7, 11) is -2.56. The number of nitrogens with one attached hydrogen (secondary N) is 1. The highest BCUT2D eigenvalue weighted by molar-refractivity contribution is 14.1. The maximum absolute atomic E-state index is 12.9. The highest BCUT2D eigenvalue weighted by atomic mass is 127. The first-order valence-electron chi connectivity index (χ1n) is 8.98. The van der Waals surface area contributed by atoms with Crippen molar-refractivity contribution in [3.63, 3.8) is 0 Å². The lowest BCUT2D eigenvalue weighted by molar-refractivity contribution is 0.0600. The molecule has 0 aliphatic heterocycles. The van der Waals surface area contributed by atoms with Crippen LogP contribution in [0.3, 0.4) is 0 Å². The van der Waals surface area contributed by atoms with Gasteiger partial charge in [0.15, 0.2) is 0 Å². The normalized spacial score (nSPS) is 11.0. The number of anilines is 1. The van der Waals surface area contributed by atoms with Gasteiger partial charge in [-0.25, -0.2) is 13.2 Å². The number of ether oxygens (including phenoxy) is 2. The van der Waals surface area contributed by atoms with E-state index in [4.69, 9.17) is 9.47 Å². The summed E-state index contributed by atoms with van der Waals surface area (Å²) in [5, 5.41) is 0. The predicted molar refractivity (Wildman–Crippen MR) is 123 cm³/mol. The first kappa shape index (κ1) is 22.1. The van der Waals surface area contributed by atoms with Crippen molar-refractivity contribution >= 4 is 44.3 Å². The summed E-state index contributed by atoms with van der Waals surface area (Å²) in [5.74, 6) is -0.299. The van der Waals surface area contributed by atoms with Crippen LogP contribution < -0.4 is 9.46 Å². The van der Waals surface area contributed by atoms with Crippen LogP contribution in [0, 0.1) is 10.5 Å². The van der Waals surface area contributed by atoms with E-state index in [1.54, 1.807) is 18.2 Å². The predicted octanol–water partition coefficient (Wildman–Crippen LogP) is 4.77. The van der Waals surface area contributed by atoms with Gasteiger partial charge in [-0.05, 0) is 59.3 Å². The Bertz CT molecular complexity index is 1150. The monoisotopic (exact) mass is 537 g/mol. The van der Waals surface area contributed by atoms with Crippen molar-refractivity contribution in [3.05, 3.63) is 87.0 Å².